The molecule has 2 rings (SSSR count). The molecule has 1 amide bonds. The predicted molar refractivity (Wildman–Crippen MR) is 105 cm³/mol. The number of hydrogen-bond donors (Lipinski definition) is 2. The summed E-state index contributed by atoms with van der Waals surface area (Å²) in [6, 6.07) is 9.01. The number of ether oxygens (including phenoxy) is 1. The Morgan fingerprint density at radius 3 is 2.56 bits per heavy atom. The Morgan fingerprint density at radius 1 is 1.26 bits per heavy atom. The van der Waals surface area contributed by atoms with Crippen LogP contribution >= 0.6 is 23.2 Å². The summed E-state index contributed by atoms with van der Waals surface area (Å²) in [6.07, 6.45) is 0. The molecule has 0 bridgehead atoms. The fraction of sp³-hybridized carbons (Fsp3) is 0.278. The van der Waals surface area contributed by atoms with Crippen LogP contribution in [0.2, 0.25) is 10.0 Å². The van der Waals surface area contributed by atoms with Gasteiger partial charge in [-0.05, 0) is 25.1 Å². The van der Waals surface area contributed by atoms with Gasteiger partial charge in [-0.25, -0.2) is 0 Å². The maximum atomic E-state index is 12.6. The third-order valence-electron chi connectivity index (χ3n) is 4.25. The highest BCUT2D eigenvalue weighted by atomic mass is 35.5. The minimum absolute atomic E-state index is 0.111. The number of nitro benzene ring substituents is 1. The number of quaternary nitrogens is 1. The molecule has 0 aliphatic carbocycles. The van der Waals surface area contributed by atoms with Crippen molar-refractivity contribution < 1.29 is 19.4 Å². The van der Waals surface area contributed by atoms with E-state index in [0.29, 0.717) is 22.3 Å². The van der Waals surface area contributed by atoms with Crippen LogP contribution in [0.5, 0.6) is 5.75 Å². The molecule has 0 radical (unpaired) electrons. The summed E-state index contributed by atoms with van der Waals surface area (Å²) >= 11 is 12.0. The van der Waals surface area contributed by atoms with Crippen molar-refractivity contribution >= 4 is 40.5 Å². The third kappa shape index (κ3) is 5.32. The van der Waals surface area contributed by atoms with Gasteiger partial charge >= 0.3 is 0 Å². The molecule has 0 saturated carbocycles. The molecule has 2 aromatic rings. The van der Waals surface area contributed by atoms with Crippen molar-refractivity contribution in [3.8, 4) is 5.75 Å². The van der Waals surface area contributed by atoms with Gasteiger partial charge in [-0.15, -0.1) is 0 Å². The van der Waals surface area contributed by atoms with Crippen LogP contribution in [-0.4, -0.2) is 31.0 Å². The van der Waals surface area contributed by atoms with Gasteiger partial charge in [0, 0.05) is 11.6 Å². The van der Waals surface area contributed by atoms with E-state index in [0.717, 1.165) is 10.5 Å². The Kier molecular flexibility index (Phi) is 7.01. The van der Waals surface area contributed by atoms with E-state index in [1.54, 1.807) is 19.1 Å². The first-order valence-electron chi connectivity index (χ1n) is 8.12. The molecule has 0 aliphatic heterocycles. The predicted octanol–water partition coefficient (Wildman–Crippen LogP) is 2.95. The zero-order chi connectivity index (χ0) is 20.1. The normalized spacial score (nSPS) is 12.9. The minimum atomic E-state index is -0.522. The highest BCUT2D eigenvalue weighted by molar-refractivity contribution is 6.42. The van der Waals surface area contributed by atoms with Crippen molar-refractivity contribution in [2.45, 2.75) is 19.5 Å². The van der Waals surface area contributed by atoms with Gasteiger partial charge in [0.05, 0.1) is 40.9 Å². The molecule has 2 aromatic carbocycles. The average Bonchev–Trinajstić information content (AvgIpc) is 2.64. The van der Waals surface area contributed by atoms with Crippen LogP contribution in [0.1, 0.15) is 12.5 Å². The van der Waals surface area contributed by atoms with Gasteiger partial charge in [-0.2, -0.15) is 0 Å². The second kappa shape index (κ2) is 9.03. The topological polar surface area (TPSA) is 85.9 Å². The quantitative estimate of drug-likeness (QED) is 0.540. The molecular weight excluding hydrogens is 393 g/mol. The van der Waals surface area contributed by atoms with Gasteiger partial charge in [0.2, 0.25) is 0 Å². The summed E-state index contributed by atoms with van der Waals surface area (Å²) in [7, 11) is 3.28. The molecule has 9 heteroatoms. The number of hydrogen-bond acceptors (Lipinski definition) is 4. The second-order valence-corrected chi connectivity index (χ2v) is 6.94. The highest BCUT2D eigenvalue weighted by Crippen LogP contribution is 2.29. The Morgan fingerprint density at radius 2 is 1.96 bits per heavy atom. The number of methoxy groups -OCH3 is 1. The molecule has 7 nitrogen and oxygen atoms in total. The SMILES string of the molecule is COc1cc([N+](=O)[O-])ccc1NC(=O)[C@H](C)[NH+](C)Cc1ccc(Cl)c(Cl)c1. The van der Waals surface area contributed by atoms with Crippen molar-refractivity contribution in [3.05, 3.63) is 62.1 Å². The first-order valence-corrected chi connectivity index (χ1v) is 8.88. The number of carbonyl (C=O) groups is 1. The van der Waals surface area contributed by atoms with Crippen LogP contribution in [0.25, 0.3) is 0 Å². The van der Waals surface area contributed by atoms with E-state index >= 15 is 0 Å². The van der Waals surface area contributed by atoms with Gasteiger partial charge in [-0.1, -0.05) is 29.3 Å². The molecule has 2 atom stereocenters. The van der Waals surface area contributed by atoms with Crippen molar-refractivity contribution in [1.29, 1.82) is 0 Å². The molecule has 0 aliphatic rings. The summed E-state index contributed by atoms with van der Waals surface area (Å²) in [5.41, 5.74) is 1.22. The van der Waals surface area contributed by atoms with Gasteiger partial charge in [0.1, 0.15) is 12.3 Å². The number of rotatable bonds is 7. The van der Waals surface area contributed by atoms with Gasteiger partial charge in [0.25, 0.3) is 11.6 Å². The summed E-state index contributed by atoms with van der Waals surface area (Å²) in [4.78, 5) is 23.9. The van der Waals surface area contributed by atoms with E-state index in [4.69, 9.17) is 27.9 Å². The Bertz CT molecular complexity index is 860. The van der Waals surface area contributed by atoms with E-state index in [2.05, 4.69) is 5.32 Å². The number of benzene rings is 2. The first-order chi connectivity index (χ1) is 12.7. The van der Waals surface area contributed by atoms with Crippen molar-refractivity contribution in [1.82, 2.24) is 0 Å². The number of likely N-dealkylation sites (N-methyl/N-ethyl adjacent to an activating group) is 1. The zero-order valence-electron chi connectivity index (χ0n) is 15.1. The Balaban J connectivity index is 2.08. The second-order valence-electron chi connectivity index (χ2n) is 6.12. The Labute approximate surface area is 167 Å². The zero-order valence-corrected chi connectivity index (χ0v) is 16.6. The van der Waals surface area contributed by atoms with Gasteiger partial charge < -0.3 is 15.0 Å². The number of nitrogens with zero attached hydrogens (tertiary/aromatic N) is 1. The molecule has 0 saturated heterocycles. The van der Waals surface area contributed by atoms with E-state index in [-0.39, 0.29) is 23.4 Å². The van der Waals surface area contributed by atoms with Crippen molar-refractivity contribution in [2.75, 3.05) is 19.5 Å². The maximum Gasteiger partial charge on any atom is 0.282 e. The van der Waals surface area contributed by atoms with Crippen LogP contribution in [0.15, 0.2) is 36.4 Å². The first kappa shape index (κ1) is 21.0. The van der Waals surface area contributed by atoms with Crippen molar-refractivity contribution in [2.24, 2.45) is 0 Å². The molecule has 0 aromatic heterocycles. The van der Waals surface area contributed by atoms with Crippen LogP contribution < -0.4 is 15.0 Å². The Hall–Kier alpha value is -2.35. The summed E-state index contributed by atoms with van der Waals surface area (Å²) in [5.74, 6) is -0.00778. The lowest BCUT2D eigenvalue weighted by molar-refractivity contribution is -0.907. The molecule has 1 unspecified atom stereocenters. The summed E-state index contributed by atoms with van der Waals surface area (Å²) in [5, 5.41) is 14.6. The maximum absolute atomic E-state index is 12.6. The molecular formula is C18H20Cl2N3O4+. The smallest absolute Gasteiger partial charge is 0.282 e. The minimum Gasteiger partial charge on any atom is -0.494 e. The molecule has 0 fully saturated rings. The summed E-state index contributed by atoms with van der Waals surface area (Å²) in [6.45, 7) is 2.36. The fourth-order valence-corrected chi connectivity index (χ4v) is 2.81. The number of anilines is 1. The van der Waals surface area contributed by atoms with E-state index in [1.165, 1.54) is 25.3 Å². The van der Waals surface area contributed by atoms with E-state index in [9.17, 15) is 14.9 Å². The number of nitrogens with one attached hydrogen (secondary N) is 2. The number of halogens is 2. The monoisotopic (exact) mass is 412 g/mol. The lowest BCUT2D eigenvalue weighted by Crippen LogP contribution is -3.12. The largest absolute Gasteiger partial charge is 0.494 e. The van der Waals surface area contributed by atoms with Crippen LogP contribution in [-0.2, 0) is 11.3 Å². The number of carbonyl (C=O) groups excluding carboxylic acids is 1. The number of amides is 1. The fourth-order valence-electron chi connectivity index (χ4n) is 2.49. The molecule has 0 spiro atoms. The van der Waals surface area contributed by atoms with Gasteiger partial charge in [-0.3, -0.25) is 14.9 Å². The van der Waals surface area contributed by atoms with Gasteiger partial charge in [0.15, 0.2) is 6.04 Å². The highest BCUT2D eigenvalue weighted by Gasteiger charge is 2.24. The number of non-ortho nitro benzene ring substituents is 1. The van der Waals surface area contributed by atoms with Crippen LogP contribution in [0, 0.1) is 10.1 Å². The molecule has 2 N–H and O–H groups in total. The molecule has 0 heterocycles. The van der Waals surface area contributed by atoms with Crippen molar-refractivity contribution in [3.63, 3.8) is 0 Å². The standard InChI is InChI=1S/C18H19Cl2N3O4/c1-11(22(2)10-12-4-6-14(19)15(20)8-12)18(24)21-16-7-5-13(23(25)26)9-17(16)27-3/h4-9,11H,10H2,1-3H3,(H,21,24)/p+1/t11-/m0/s1. The summed E-state index contributed by atoms with van der Waals surface area (Å²) < 4.78 is 5.14. The third-order valence-corrected chi connectivity index (χ3v) is 4.99. The molecule has 27 heavy (non-hydrogen) atoms. The lowest BCUT2D eigenvalue weighted by atomic mass is 10.1. The van der Waals surface area contributed by atoms with E-state index in [1.807, 2.05) is 13.1 Å². The average molecular weight is 413 g/mol. The molecule has 144 valence electrons. The number of nitro groups is 1. The van der Waals surface area contributed by atoms with Crippen LogP contribution in [0.4, 0.5) is 11.4 Å². The lowest BCUT2D eigenvalue weighted by Gasteiger charge is -2.21. The van der Waals surface area contributed by atoms with E-state index < -0.39 is 4.92 Å². The van der Waals surface area contributed by atoms with Crippen LogP contribution in [0.3, 0.4) is 0 Å².